The van der Waals surface area contributed by atoms with Crippen LogP contribution in [0.3, 0.4) is 0 Å². The van der Waals surface area contributed by atoms with Gasteiger partial charge in [0.2, 0.25) is 0 Å². The van der Waals surface area contributed by atoms with Gasteiger partial charge in [-0.1, -0.05) is 0 Å². The molecule has 3 rings (SSSR count). The number of fused-ring (bicyclic) bond motifs is 1. The minimum absolute atomic E-state index is 0. The Labute approximate surface area is 130 Å². The van der Waals surface area contributed by atoms with Gasteiger partial charge in [0, 0.05) is 2.85 Å². The molecule has 2 aromatic heterocycles. The van der Waals surface area contributed by atoms with Gasteiger partial charge in [-0.25, -0.2) is 0 Å². The molecule has 22 heavy (non-hydrogen) atoms. The predicted octanol–water partition coefficient (Wildman–Crippen LogP) is 0.905. The number of rotatable bonds is 4. The van der Waals surface area contributed by atoms with Crippen LogP contribution in [0, 0.1) is 0 Å². The maximum absolute atomic E-state index is 9.44. The fourth-order valence-electron chi connectivity index (χ4n) is 2.52. The van der Waals surface area contributed by atoms with Gasteiger partial charge in [0.25, 0.3) is 0 Å². The summed E-state index contributed by atoms with van der Waals surface area (Å²) in [5, 5.41) is 0. The van der Waals surface area contributed by atoms with Crippen LogP contribution in [0.2, 0.25) is 0 Å². The maximum atomic E-state index is 9.44. The van der Waals surface area contributed by atoms with Crippen molar-refractivity contribution in [3.8, 4) is 5.88 Å². The molecular formula is C12H22N5O4P. The van der Waals surface area contributed by atoms with Crippen LogP contribution in [-0.2, 0) is 4.52 Å². The molecule has 1 aliphatic rings. The van der Waals surface area contributed by atoms with Gasteiger partial charge in [-0.2, -0.15) is 0 Å². The fraction of sp³-hybridized carbons (Fsp3) is 0.417. The van der Waals surface area contributed by atoms with Crippen LogP contribution in [0.25, 0.3) is 11.2 Å². The van der Waals surface area contributed by atoms with E-state index in [1.807, 2.05) is 10.6 Å². The number of hydrogen-bond donors (Lipinski definition) is 3. The van der Waals surface area contributed by atoms with Gasteiger partial charge in [-0.15, -0.1) is 0 Å². The van der Waals surface area contributed by atoms with E-state index in [4.69, 9.17) is 15.0 Å². The van der Waals surface area contributed by atoms with Gasteiger partial charge in [-0.3, -0.25) is 0 Å². The van der Waals surface area contributed by atoms with Crippen LogP contribution in [0.5, 0.6) is 5.88 Å². The molecule has 0 bridgehead atoms. The summed E-state index contributed by atoms with van der Waals surface area (Å²) >= 11 is 0. The largest absolute Gasteiger partial charge is 0 e. The molecule has 2 heterocycles. The van der Waals surface area contributed by atoms with Crippen molar-refractivity contribution in [2.75, 3.05) is 19.5 Å². The summed E-state index contributed by atoms with van der Waals surface area (Å²) in [5.74, 6) is 0.424. The quantitative estimate of drug-likeness (QED) is 0.557. The number of nitrogen functional groups attached to an aromatic ring is 1. The number of nitrogens with zero attached hydrogens (tertiary/aromatic N) is 4. The van der Waals surface area contributed by atoms with E-state index in [2.05, 4.69) is 15.0 Å². The Kier molecular flexibility index (Phi) is 3.73. The van der Waals surface area contributed by atoms with Crippen LogP contribution in [-0.4, -0.2) is 49.2 Å². The first kappa shape index (κ1) is 15.1. The first-order valence-electron chi connectivity index (χ1n) is 6.72. The Bertz CT molecular complexity index is 736. The number of aromatic nitrogens is 4. The second-order valence-electron chi connectivity index (χ2n) is 5.19. The molecule has 0 spiro atoms. The fourth-order valence-corrected chi connectivity index (χ4v) is 3.27. The van der Waals surface area contributed by atoms with E-state index in [9.17, 15) is 9.79 Å². The summed E-state index contributed by atoms with van der Waals surface area (Å²) in [5.41, 5.74) is 6.78. The van der Waals surface area contributed by atoms with Gasteiger partial charge in [-0.05, 0) is 0 Å². The van der Waals surface area contributed by atoms with Crippen LogP contribution >= 0.6 is 7.94 Å². The van der Waals surface area contributed by atoms with E-state index < -0.39 is 7.94 Å². The van der Waals surface area contributed by atoms with Crippen LogP contribution < -0.4 is 10.5 Å². The second kappa shape index (κ2) is 5.44. The zero-order chi connectivity index (χ0) is 15.9. The zero-order valence-electron chi connectivity index (χ0n) is 12.2. The molecule has 0 saturated heterocycles. The molecule has 0 unspecified atom stereocenters. The number of imidazole rings is 1. The third kappa shape index (κ3) is 2.89. The molecule has 0 radical (unpaired) electrons. The van der Waals surface area contributed by atoms with E-state index in [1.165, 1.54) is 13.8 Å². The van der Waals surface area contributed by atoms with Crippen molar-refractivity contribution in [3.05, 3.63) is 18.5 Å². The molecule has 0 aromatic carbocycles. The summed E-state index contributed by atoms with van der Waals surface area (Å²) in [6.07, 6.45) is 5.55. The van der Waals surface area contributed by atoms with Gasteiger partial charge in [0.15, 0.2) is 0 Å². The average Bonchev–Trinajstić information content (AvgIpc) is 3.02. The molecule has 1 aliphatic carbocycles. The summed E-state index contributed by atoms with van der Waals surface area (Å²) in [6, 6.07) is -0.0645. The normalized spacial score (nSPS) is 22.4. The van der Waals surface area contributed by atoms with Crippen molar-refractivity contribution in [2.45, 2.75) is 18.6 Å². The number of hydrogen-bond acceptors (Lipinski definition) is 8. The number of methoxy groups -OCH3 is 1. The second-order valence-corrected chi connectivity index (χ2v) is 7.30. The molecule has 0 amide bonds. The molecule has 124 valence electrons. The molecule has 2 aromatic rings. The molecule has 10 heteroatoms. The number of anilines is 1. The van der Waals surface area contributed by atoms with Crippen LogP contribution in [0.1, 0.15) is 15.3 Å². The van der Waals surface area contributed by atoms with Crippen molar-refractivity contribution < 1.29 is 21.9 Å². The van der Waals surface area contributed by atoms with E-state index >= 15 is 0 Å². The molecule has 9 nitrogen and oxygen atoms in total. The third-order valence-corrected chi connectivity index (χ3v) is 4.10. The Morgan fingerprint density at radius 2 is 2.18 bits per heavy atom. The SMILES string of the molecule is COc1nc(N)nc2c1ncn2[C@H]1C=C[C@@H](O[PH](C)(O)O)C1.[HH].[HH]. The Balaban J connectivity index is 0.00000144. The monoisotopic (exact) mass is 331 g/mol. The van der Waals surface area contributed by atoms with E-state index in [1.54, 1.807) is 12.4 Å². The maximum Gasteiger partial charge on any atom is 0 e. The van der Waals surface area contributed by atoms with E-state index in [0.717, 1.165) is 0 Å². The van der Waals surface area contributed by atoms with Crippen molar-refractivity contribution in [3.63, 3.8) is 0 Å². The summed E-state index contributed by atoms with van der Waals surface area (Å²) in [7, 11) is -2.06. The minimum atomic E-state index is -3.56. The molecule has 0 fully saturated rings. The van der Waals surface area contributed by atoms with Gasteiger partial charge < -0.3 is 0 Å². The van der Waals surface area contributed by atoms with Gasteiger partial charge >= 0.3 is 126 Å². The predicted molar refractivity (Wildman–Crippen MR) is 86.9 cm³/mol. The topological polar surface area (TPSA) is 129 Å². The molecule has 2 atom stereocenters. The summed E-state index contributed by atoms with van der Waals surface area (Å²) in [4.78, 5) is 31.3. The van der Waals surface area contributed by atoms with Crippen LogP contribution in [0.4, 0.5) is 5.95 Å². The molecular weight excluding hydrogens is 309 g/mol. The number of ether oxygens (including phenoxy) is 1. The van der Waals surface area contributed by atoms with E-state index in [0.29, 0.717) is 23.5 Å². The Hall–Kier alpha value is -1.80. The Morgan fingerprint density at radius 1 is 1.41 bits per heavy atom. The molecule has 0 saturated carbocycles. The van der Waals surface area contributed by atoms with E-state index in [-0.39, 0.29) is 20.9 Å². The molecule has 0 aliphatic heterocycles. The minimum Gasteiger partial charge on any atom is 0 e. The first-order chi connectivity index (χ1) is 10.4. The van der Waals surface area contributed by atoms with Crippen molar-refractivity contribution in [1.82, 2.24) is 19.5 Å². The molecule has 4 N–H and O–H groups in total. The first-order valence-corrected chi connectivity index (χ1v) is 9.02. The standard InChI is InChI=1S/C12H18N5O4P.2H2/c1-20-11-9-10(15-12(13)16-11)17(6-14-9)7-3-4-8(5-7)21-22(2,18)19;;/h3-4,6-8,18-19,22H,5H2,1-2H3,(H2,13,15,16);2*1H/t7-,8+;;/m0../s1. The summed E-state index contributed by atoms with van der Waals surface area (Å²) in [6.45, 7) is 1.31. The smallest absolute Gasteiger partial charge is 0 e. The van der Waals surface area contributed by atoms with Crippen molar-refractivity contribution in [1.29, 1.82) is 0 Å². The number of nitrogens with two attached hydrogens (primary N) is 1. The number of allylic oxidation sites excluding steroid dienone is 1. The zero-order valence-corrected chi connectivity index (χ0v) is 13.2. The third-order valence-electron chi connectivity index (χ3n) is 3.35. The van der Waals surface area contributed by atoms with Crippen molar-refractivity contribution >= 4 is 25.1 Å². The van der Waals surface area contributed by atoms with Gasteiger partial charge in [0.05, 0.1) is 0 Å². The average molecular weight is 331 g/mol. The van der Waals surface area contributed by atoms with Gasteiger partial charge in [0.1, 0.15) is 0 Å². The van der Waals surface area contributed by atoms with Crippen LogP contribution in [0.15, 0.2) is 18.5 Å². The Morgan fingerprint density at radius 3 is 2.86 bits per heavy atom. The van der Waals surface area contributed by atoms with Crippen molar-refractivity contribution in [2.24, 2.45) is 0 Å². The summed E-state index contributed by atoms with van der Waals surface area (Å²) < 4.78 is 12.3.